The monoisotopic (exact) mass is 326 g/mol. The summed E-state index contributed by atoms with van der Waals surface area (Å²) in [4.78, 5) is 21.9. The van der Waals surface area contributed by atoms with Crippen LogP contribution in [0.5, 0.6) is 0 Å². The molecular weight excluding hydrogens is 316 g/mol. The maximum Gasteiger partial charge on any atom is 0.307 e. The Labute approximate surface area is 99.5 Å². The van der Waals surface area contributed by atoms with Gasteiger partial charge in [-0.05, 0) is 11.3 Å². The van der Waals surface area contributed by atoms with Crippen molar-refractivity contribution in [3.8, 4) is 0 Å². The van der Waals surface area contributed by atoms with Crippen LogP contribution in [0.25, 0.3) is 0 Å². The van der Waals surface area contributed by atoms with Gasteiger partial charge in [0.1, 0.15) is 0 Å². The standard InChI is InChI=1S/C9H12Br2O3/c1-9(2)5(6(9)8(13)14)7(11)4(12)3-10/h5-7H,3H2,1-2H3,(H,13,14)/t5-,6+,7?/m1/s1. The minimum absolute atomic E-state index is 0.00632. The first-order valence-electron chi connectivity index (χ1n) is 4.29. The Morgan fingerprint density at radius 2 is 2.00 bits per heavy atom. The van der Waals surface area contributed by atoms with Gasteiger partial charge in [-0.3, -0.25) is 9.59 Å². The minimum Gasteiger partial charge on any atom is -0.481 e. The van der Waals surface area contributed by atoms with Crippen LogP contribution in [-0.4, -0.2) is 27.0 Å². The second-order valence-electron chi connectivity index (χ2n) is 4.16. The van der Waals surface area contributed by atoms with Crippen molar-refractivity contribution in [2.45, 2.75) is 18.7 Å². The van der Waals surface area contributed by atoms with Gasteiger partial charge in [-0.25, -0.2) is 0 Å². The molecule has 0 saturated heterocycles. The van der Waals surface area contributed by atoms with Crippen LogP contribution >= 0.6 is 31.9 Å². The summed E-state index contributed by atoms with van der Waals surface area (Å²) in [5.41, 5.74) is -0.280. The average Bonchev–Trinajstić information content (AvgIpc) is 2.66. The van der Waals surface area contributed by atoms with E-state index < -0.39 is 11.9 Å². The first-order chi connectivity index (χ1) is 6.34. The van der Waals surface area contributed by atoms with Crippen molar-refractivity contribution in [2.24, 2.45) is 17.3 Å². The number of hydrogen-bond acceptors (Lipinski definition) is 2. The van der Waals surface area contributed by atoms with Gasteiger partial charge in [0.05, 0.1) is 16.1 Å². The van der Waals surface area contributed by atoms with Crippen LogP contribution in [0.15, 0.2) is 0 Å². The lowest BCUT2D eigenvalue weighted by molar-refractivity contribution is -0.139. The van der Waals surface area contributed by atoms with E-state index in [1.807, 2.05) is 13.8 Å². The Kier molecular flexibility index (Phi) is 3.41. The molecule has 0 aromatic carbocycles. The fourth-order valence-corrected chi connectivity index (χ4v) is 3.90. The van der Waals surface area contributed by atoms with Crippen molar-refractivity contribution < 1.29 is 14.7 Å². The van der Waals surface area contributed by atoms with E-state index in [1.54, 1.807) is 0 Å². The van der Waals surface area contributed by atoms with E-state index in [9.17, 15) is 9.59 Å². The number of carbonyl (C=O) groups excluding carboxylic acids is 1. The molecule has 0 aromatic heterocycles. The summed E-state index contributed by atoms with van der Waals surface area (Å²) in [6.45, 7) is 3.76. The van der Waals surface area contributed by atoms with Crippen LogP contribution in [-0.2, 0) is 9.59 Å². The van der Waals surface area contributed by atoms with E-state index in [0.29, 0.717) is 0 Å². The molecule has 1 aliphatic rings. The number of rotatable bonds is 4. The lowest BCUT2D eigenvalue weighted by Crippen LogP contribution is -2.20. The molecule has 3 atom stereocenters. The fourth-order valence-electron chi connectivity index (χ4n) is 1.97. The summed E-state index contributed by atoms with van der Waals surface area (Å²) in [6.07, 6.45) is 0. The molecule has 0 bridgehead atoms. The molecule has 0 aliphatic heterocycles. The van der Waals surface area contributed by atoms with Gasteiger partial charge in [-0.2, -0.15) is 0 Å². The Bertz CT molecular complexity index is 275. The van der Waals surface area contributed by atoms with Gasteiger partial charge in [0.25, 0.3) is 0 Å². The van der Waals surface area contributed by atoms with Gasteiger partial charge in [-0.1, -0.05) is 45.7 Å². The number of carboxylic acids is 1. The summed E-state index contributed by atoms with van der Waals surface area (Å²) in [5, 5.41) is 9.18. The minimum atomic E-state index is -0.813. The molecule has 3 nitrogen and oxygen atoms in total. The second-order valence-corrected chi connectivity index (χ2v) is 5.71. The van der Waals surface area contributed by atoms with Crippen LogP contribution in [0.1, 0.15) is 13.8 Å². The fraction of sp³-hybridized carbons (Fsp3) is 0.778. The third-order valence-electron chi connectivity index (χ3n) is 2.93. The van der Waals surface area contributed by atoms with E-state index in [1.165, 1.54) is 0 Å². The molecule has 0 radical (unpaired) electrons. The first kappa shape index (κ1) is 12.2. The number of ketones is 1. The zero-order valence-electron chi connectivity index (χ0n) is 7.96. The Morgan fingerprint density at radius 1 is 1.50 bits per heavy atom. The lowest BCUT2D eigenvalue weighted by Gasteiger charge is -2.07. The number of aliphatic carboxylic acids is 1. The second kappa shape index (κ2) is 3.93. The molecule has 14 heavy (non-hydrogen) atoms. The van der Waals surface area contributed by atoms with Crippen molar-refractivity contribution in [2.75, 3.05) is 5.33 Å². The topological polar surface area (TPSA) is 54.4 Å². The molecule has 5 heteroatoms. The summed E-state index contributed by atoms with van der Waals surface area (Å²) in [6, 6.07) is 0. The zero-order chi connectivity index (χ0) is 11.1. The number of carboxylic acid groups (broad SMARTS) is 1. The van der Waals surface area contributed by atoms with Crippen molar-refractivity contribution in [1.29, 1.82) is 0 Å². The average molecular weight is 328 g/mol. The molecule has 1 fully saturated rings. The molecule has 1 rings (SSSR count). The van der Waals surface area contributed by atoms with E-state index in [0.717, 1.165) is 0 Å². The van der Waals surface area contributed by atoms with Gasteiger partial charge >= 0.3 is 5.97 Å². The van der Waals surface area contributed by atoms with E-state index in [2.05, 4.69) is 31.9 Å². The normalized spacial score (nSPS) is 30.9. The molecule has 80 valence electrons. The van der Waals surface area contributed by atoms with Crippen molar-refractivity contribution in [3.63, 3.8) is 0 Å². The zero-order valence-corrected chi connectivity index (χ0v) is 11.1. The third-order valence-corrected chi connectivity index (χ3v) is 4.56. The number of alkyl halides is 2. The van der Waals surface area contributed by atoms with Crippen molar-refractivity contribution in [3.05, 3.63) is 0 Å². The van der Waals surface area contributed by atoms with Gasteiger partial charge in [0.15, 0.2) is 5.78 Å². The SMILES string of the molecule is CC1(C)[C@H](C(=O)O)[C@@H]1C(Br)C(=O)CBr. The summed E-state index contributed by atoms with van der Waals surface area (Å²) in [7, 11) is 0. The quantitative estimate of drug-likeness (QED) is 0.804. The maximum atomic E-state index is 11.4. The molecule has 0 spiro atoms. The largest absolute Gasteiger partial charge is 0.481 e. The summed E-state index contributed by atoms with van der Waals surface area (Å²) < 4.78 is 0. The maximum absolute atomic E-state index is 11.4. The van der Waals surface area contributed by atoms with E-state index in [-0.39, 0.29) is 27.3 Å². The highest BCUT2D eigenvalue weighted by molar-refractivity contribution is 9.10. The van der Waals surface area contributed by atoms with E-state index in [4.69, 9.17) is 5.11 Å². The van der Waals surface area contributed by atoms with Crippen molar-refractivity contribution >= 4 is 43.6 Å². The molecule has 1 unspecified atom stereocenters. The Balaban J connectivity index is 2.73. The Morgan fingerprint density at radius 3 is 2.29 bits per heavy atom. The molecule has 0 amide bonds. The molecular formula is C9H12Br2O3. The van der Waals surface area contributed by atoms with Crippen LogP contribution in [0.2, 0.25) is 0 Å². The third kappa shape index (κ3) is 1.89. The highest BCUT2D eigenvalue weighted by atomic mass is 79.9. The lowest BCUT2D eigenvalue weighted by atomic mass is 10.1. The smallest absolute Gasteiger partial charge is 0.307 e. The number of carbonyl (C=O) groups is 2. The van der Waals surface area contributed by atoms with Gasteiger partial charge in [0.2, 0.25) is 0 Å². The van der Waals surface area contributed by atoms with Gasteiger partial charge < -0.3 is 5.11 Å². The summed E-state index contributed by atoms with van der Waals surface area (Å²) >= 11 is 6.35. The first-order valence-corrected chi connectivity index (χ1v) is 6.33. The summed E-state index contributed by atoms with van der Waals surface area (Å²) in [5.74, 6) is -1.31. The highest BCUT2D eigenvalue weighted by Crippen LogP contribution is 2.61. The van der Waals surface area contributed by atoms with Crippen LogP contribution in [0, 0.1) is 17.3 Å². The van der Waals surface area contributed by atoms with Gasteiger partial charge in [0, 0.05) is 0 Å². The molecule has 0 aromatic rings. The van der Waals surface area contributed by atoms with Crippen LogP contribution < -0.4 is 0 Å². The molecule has 0 heterocycles. The number of hydrogen-bond donors (Lipinski definition) is 1. The van der Waals surface area contributed by atoms with Crippen LogP contribution in [0.3, 0.4) is 0 Å². The molecule has 1 saturated carbocycles. The van der Waals surface area contributed by atoms with E-state index >= 15 is 0 Å². The number of halogens is 2. The molecule has 1 N–H and O–H groups in total. The number of Topliss-reactive ketones (excluding diaryl/α,β-unsaturated/α-hetero) is 1. The predicted octanol–water partition coefficient (Wildman–Crippen LogP) is 2.07. The van der Waals surface area contributed by atoms with Crippen molar-refractivity contribution in [1.82, 2.24) is 0 Å². The predicted molar refractivity (Wildman–Crippen MR) is 59.9 cm³/mol. The van der Waals surface area contributed by atoms with Gasteiger partial charge in [-0.15, -0.1) is 0 Å². The molecule has 1 aliphatic carbocycles. The Hall–Kier alpha value is 0.1000. The van der Waals surface area contributed by atoms with Crippen LogP contribution in [0.4, 0.5) is 0 Å². The highest BCUT2D eigenvalue weighted by Gasteiger charge is 2.65.